The van der Waals surface area contributed by atoms with Gasteiger partial charge < -0.3 is 10.5 Å². The molecule has 3 N–H and O–H groups in total. The molecule has 2 amide bonds. The van der Waals surface area contributed by atoms with Crippen molar-refractivity contribution in [3.63, 3.8) is 0 Å². The normalized spacial score (nSPS) is 10.8. The van der Waals surface area contributed by atoms with Gasteiger partial charge in [0, 0.05) is 18.2 Å². The lowest BCUT2D eigenvalue weighted by molar-refractivity contribution is 0.0980. The molecule has 0 unspecified atom stereocenters. The summed E-state index contributed by atoms with van der Waals surface area (Å²) in [4.78, 5) is 29.3. The van der Waals surface area contributed by atoms with Gasteiger partial charge in [0.05, 0.1) is 16.8 Å². The number of nitrogens with zero attached hydrogens (tertiary/aromatic N) is 2. The summed E-state index contributed by atoms with van der Waals surface area (Å²) in [5.41, 5.74) is 1.95. The Morgan fingerprint density at radius 2 is 2.12 bits per heavy atom. The van der Waals surface area contributed by atoms with Crippen LogP contribution < -0.4 is 10.6 Å². The number of anilines is 2. The minimum Gasteiger partial charge on any atom is -0.411 e. The minimum absolute atomic E-state index is 0.0214. The first-order chi connectivity index (χ1) is 12.5. The van der Waals surface area contributed by atoms with Gasteiger partial charge >= 0.3 is 6.03 Å². The van der Waals surface area contributed by atoms with Gasteiger partial charge in [0.25, 0.3) is 0 Å². The van der Waals surface area contributed by atoms with Crippen molar-refractivity contribution in [1.82, 2.24) is 4.98 Å². The fourth-order valence-electron chi connectivity index (χ4n) is 2.38. The van der Waals surface area contributed by atoms with Gasteiger partial charge in [-0.05, 0) is 25.5 Å². The van der Waals surface area contributed by atoms with Gasteiger partial charge in [-0.2, -0.15) is 0 Å². The molecule has 0 radical (unpaired) electrons. The second-order valence-corrected chi connectivity index (χ2v) is 6.88. The van der Waals surface area contributed by atoms with E-state index < -0.39 is 6.03 Å². The fraction of sp³-hybridized carbons (Fsp3) is 0.333. The topological polar surface area (TPSA) is 104 Å². The van der Waals surface area contributed by atoms with Crippen molar-refractivity contribution < 1.29 is 14.8 Å². The zero-order chi connectivity index (χ0) is 18.9. The van der Waals surface area contributed by atoms with E-state index in [1.807, 2.05) is 13.0 Å². The first-order valence-electron chi connectivity index (χ1n) is 8.38. The van der Waals surface area contributed by atoms with Crippen LogP contribution in [-0.4, -0.2) is 28.2 Å². The number of benzene rings is 1. The van der Waals surface area contributed by atoms with E-state index in [1.165, 1.54) is 12.4 Å². The van der Waals surface area contributed by atoms with Gasteiger partial charge in [0.15, 0.2) is 10.9 Å². The highest BCUT2D eigenvalue weighted by atomic mass is 32.1. The highest BCUT2D eigenvalue weighted by molar-refractivity contribution is 7.17. The second-order valence-electron chi connectivity index (χ2n) is 5.82. The van der Waals surface area contributed by atoms with Crippen molar-refractivity contribution >= 4 is 40.2 Å². The number of unbranched alkanes of at least 4 members (excludes halogenated alkanes) is 2. The minimum atomic E-state index is -0.488. The molecule has 1 aromatic carbocycles. The summed E-state index contributed by atoms with van der Waals surface area (Å²) in [5.74, 6) is 0.0214. The third kappa shape index (κ3) is 5.66. The maximum Gasteiger partial charge on any atom is 0.325 e. The number of nitrogens with one attached hydrogen (secondary N) is 2. The molecule has 1 heterocycles. The van der Waals surface area contributed by atoms with Crippen molar-refractivity contribution in [2.24, 2.45) is 5.16 Å². The molecule has 26 heavy (non-hydrogen) atoms. The number of hydrogen-bond donors (Lipinski definition) is 3. The van der Waals surface area contributed by atoms with E-state index in [2.05, 4.69) is 27.7 Å². The van der Waals surface area contributed by atoms with E-state index in [-0.39, 0.29) is 5.78 Å². The molecular weight excluding hydrogens is 352 g/mol. The summed E-state index contributed by atoms with van der Waals surface area (Å²) >= 11 is 1.16. The third-order valence-corrected chi connectivity index (χ3v) is 4.51. The lowest BCUT2D eigenvalue weighted by atomic mass is 10.0. The Bertz CT molecular complexity index is 801. The Morgan fingerprint density at radius 1 is 1.31 bits per heavy atom. The summed E-state index contributed by atoms with van der Waals surface area (Å²) in [6, 6.07) is 4.88. The number of carbonyl (C=O) groups excluding carboxylic acids is 2. The molecule has 0 bridgehead atoms. The van der Waals surface area contributed by atoms with Crippen LogP contribution in [0.2, 0.25) is 0 Å². The monoisotopic (exact) mass is 374 g/mol. The first-order valence-corrected chi connectivity index (χ1v) is 9.20. The third-order valence-electron chi connectivity index (χ3n) is 3.66. The maximum absolute atomic E-state index is 12.5. The molecule has 0 spiro atoms. The van der Waals surface area contributed by atoms with E-state index in [4.69, 9.17) is 5.21 Å². The number of amides is 2. The molecule has 0 aliphatic rings. The lowest BCUT2D eigenvalue weighted by Crippen LogP contribution is -2.21. The van der Waals surface area contributed by atoms with Gasteiger partial charge in [-0.3, -0.25) is 10.1 Å². The summed E-state index contributed by atoms with van der Waals surface area (Å²) in [6.45, 7) is 4.00. The van der Waals surface area contributed by atoms with E-state index in [1.54, 1.807) is 12.1 Å². The Kier molecular flexibility index (Phi) is 7.28. The predicted molar refractivity (Wildman–Crippen MR) is 104 cm³/mol. The zero-order valence-electron chi connectivity index (χ0n) is 14.8. The van der Waals surface area contributed by atoms with E-state index in [0.717, 1.165) is 36.2 Å². The van der Waals surface area contributed by atoms with Crippen LogP contribution in [-0.2, 0) is 0 Å². The molecule has 0 saturated carbocycles. The lowest BCUT2D eigenvalue weighted by Gasteiger charge is -2.11. The molecule has 0 atom stereocenters. The number of aromatic nitrogens is 1. The standard InChI is InChI=1S/C18H22N4O3S/c1-3-4-5-6-16(23)14-9-12(2)7-8-15(14)21-17(24)22-18-19-10-13(26-18)11-20-25/h7-11,25H,3-6H2,1-2H3,(H2,19,21,22,24). The fourth-order valence-corrected chi connectivity index (χ4v) is 3.06. The number of hydrogen-bond acceptors (Lipinski definition) is 6. The number of aryl methyl sites for hydroxylation is 1. The second kappa shape index (κ2) is 9.67. The molecular formula is C18H22N4O3S. The summed E-state index contributed by atoms with van der Waals surface area (Å²) in [6.07, 6.45) is 6.06. The average molecular weight is 374 g/mol. The zero-order valence-corrected chi connectivity index (χ0v) is 15.6. The maximum atomic E-state index is 12.5. The summed E-state index contributed by atoms with van der Waals surface area (Å²) in [7, 11) is 0. The molecule has 2 rings (SSSR count). The van der Waals surface area contributed by atoms with Crippen molar-refractivity contribution in [2.75, 3.05) is 10.6 Å². The number of urea groups is 1. The molecule has 0 fully saturated rings. The molecule has 8 heteroatoms. The SMILES string of the molecule is CCCCCC(=O)c1cc(C)ccc1NC(=O)Nc1ncc(C=NO)s1. The number of Topliss-reactive ketones (excluding diaryl/α,β-unsaturated/α-hetero) is 1. The van der Waals surface area contributed by atoms with Gasteiger partial charge in [0.1, 0.15) is 0 Å². The molecule has 1 aromatic heterocycles. The van der Waals surface area contributed by atoms with Crippen LogP contribution in [0.15, 0.2) is 29.6 Å². The largest absolute Gasteiger partial charge is 0.411 e. The van der Waals surface area contributed by atoms with Crippen LogP contribution in [0.3, 0.4) is 0 Å². The van der Waals surface area contributed by atoms with Gasteiger partial charge in [0.2, 0.25) is 0 Å². The number of oxime groups is 1. The number of thiazole rings is 1. The van der Waals surface area contributed by atoms with Gasteiger partial charge in [-0.25, -0.2) is 9.78 Å². The molecule has 0 aliphatic carbocycles. The van der Waals surface area contributed by atoms with Crippen molar-refractivity contribution in [3.05, 3.63) is 40.4 Å². The van der Waals surface area contributed by atoms with Crippen molar-refractivity contribution in [2.45, 2.75) is 39.5 Å². The van der Waals surface area contributed by atoms with Crippen molar-refractivity contribution in [3.8, 4) is 0 Å². The Hall–Kier alpha value is -2.74. The smallest absolute Gasteiger partial charge is 0.325 e. The highest BCUT2D eigenvalue weighted by Gasteiger charge is 2.14. The van der Waals surface area contributed by atoms with E-state index in [0.29, 0.717) is 27.7 Å². The predicted octanol–water partition coefficient (Wildman–Crippen LogP) is 4.67. The number of carbonyl (C=O) groups is 2. The van der Waals surface area contributed by atoms with Crippen LogP contribution in [0.1, 0.15) is 53.4 Å². The number of rotatable bonds is 8. The van der Waals surface area contributed by atoms with Gasteiger partial charge in [-0.1, -0.05) is 47.9 Å². The summed E-state index contributed by atoms with van der Waals surface area (Å²) < 4.78 is 0. The molecule has 7 nitrogen and oxygen atoms in total. The Morgan fingerprint density at radius 3 is 2.85 bits per heavy atom. The van der Waals surface area contributed by atoms with Crippen LogP contribution in [0.4, 0.5) is 15.6 Å². The molecule has 138 valence electrons. The quantitative estimate of drug-likeness (QED) is 0.205. The van der Waals surface area contributed by atoms with E-state index in [9.17, 15) is 9.59 Å². The van der Waals surface area contributed by atoms with Gasteiger partial charge in [-0.15, -0.1) is 0 Å². The van der Waals surface area contributed by atoms with Crippen LogP contribution in [0, 0.1) is 6.92 Å². The highest BCUT2D eigenvalue weighted by Crippen LogP contribution is 2.22. The molecule has 2 aromatic rings. The van der Waals surface area contributed by atoms with Crippen LogP contribution in [0.5, 0.6) is 0 Å². The van der Waals surface area contributed by atoms with E-state index >= 15 is 0 Å². The molecule has 0 aliphatic heterocycles. The first kappa shape index (κ1) is 19.6. The average Bonchev–Trinajstić information content (AvgIpc) is 3.04. The van der Waals surface area contributed by atoms with Crippen molar-refractivity contribution in [1.29, 1.82) is 0 Å². The number of ketones is 1. The Balaban J connectivity index is 2.07. The van der Waals surface area contributed by atoms with Crippen LogP contribution >= 0.6 is 11.3 Å². The summed E-state index contributed by atoms with van der Waals surface area (Å²) in [5, 5.41) is 17.1. The Labute approximate surface area is 156 Å². The molecule has 0 saturated heterocycles. The van der Waals surface area contributed by atoms with Crippen LogP contribution in [0.25, 0.3) is 0 Å².